The third kappa shape index (κ3) is 5.15. The molecule has 0 radical (unpaired) electrons. The Labute approximate surface area is 179 Å². The lowest BCUT2D eigenvalue weighted by atomic mass is 10.0. The van der Waals surface area contributed by atoms with Crippen molar-refractivity contribution in [3.8, 4) is 5.75 Å². The Balaban J connectivity index is 1.76. The number of esters is 1. The molecule has 0 saturated heterocycles. The lowest BCUT2D eigenvalue weighted by Gasteiger charge is -2.10. The molecule has 0 aromatic heterocycles. The maximum Gasteiger partial charge on any atom is 0.343 e. The SMILES string of the molecule is CC(C)c1ccc(OC(=O)c2ccc(NCc3ccccc3Cl)c([N+](=O)[O-])c2)cc1. The van der Waals surface area contributed by atoms with Crippen LogP contribution in [0.15, 0.2) is 66.7 Å². The highest BCUT2D eigenvalue weighted by Gasteiger charge is 2.19. The van der Waals surface area contributed by atoms with E-state index in [2.05, 4.69) is 19.2 Å². The number of carbonyl (C=O) groups excluding carboxylic acids is 1. The van der Waals surface area contributed by atoms with Crippen LogP contribution in [0.25, 0.3) is 0 Å². The fourth-order valence-electron chi connectivity index (χ4n) is 2.88. The number of hydrogen-bond acceptors (Lipinski definition) is 5. The van der Waals surface area contributed by atoms with E-state index in [1.807, 2.05) is 30.3 Å². The van der Waals surface area contributed by atoms with Crippen LogP contribution in [0, 0.1) is 10.1 Å². The van der Waals surface area contributed by atoms with Crippen molar-refractivity contribution >= 4 is 28.9 Å². The molecule has 0 aliphatic rings. The van der Waals surface area contributed by atoms with Crippen LogP contribution in [-0.4, -0.2) is 10.9 Å². The molecule has 0 aliphatic heterocycles. The normalized spacial score (nSPS) is 10.7. The van der Waals surface area contributed by atoms with Crippen molar-refractivity contribution in [3.05, 3.63) is 98.6 Å². The zero-order valence-electron chi connectivity index (χ0n) is 16.6. The topological polar surface area (TPSA) is 81.5 Å². The number of nitro benzene ring substituents is 1. The van der Waals surface area contributed by atoms with Crippen molar-refractivity contribution in [2.75, 3.05) is 5.32 Å². The first-order valence-corrected chi connectivity index (χ1v) is 9.81. The maximum atomic E-state index is 12.5. The van der Waals surface area contributed by atoms with Gasteiger partial charge in [0.15, 0.2) is 0 Å². The first-order chi connectivity index (χ1) is 14.3. The number of nitrogens with one attached hydrogen (secondary N) is 1. The van der Waals surface area contributed by atoms with E-state index in [0.717, 1.165) is 11.1 Å². The molecule has 3 aromatic rings. The third-order valence-electron chi connectivity index (χ3n) is 4.61. The number of anilines is 1. The molecule has 30 heavy (non-hydrogen) atoms. The first kappa shape index (κ1) is 21.3. The number of benzene rings is 3. The molecular weight excluding hydrogens is 404 g/mol. The molecule has 0 atom stereocenters. The van der Waals surface area contributed by atoms with Gasteiger partial charge in [-0.3, -0.25) is 10.1 Å². The van der Waals surface area contributed by atoms with Gasteiger partial charge in [-0.05, 0) is 47.4 Å². The van der Waals surface area contributed by atoms with E-state index in [4.69, 9.17) is 16.3 Å². The van der Waals surface area contributed by atoms with Crippen molar-refractivity contribution in [1.29, 1.82) is 0 Å². The number of carbonyl (C=O) groups is 1. The summed E-state index contributed by atoms with van der Waals surface area (Å²) in [5.41, 5.74) is 2.10. The van der Waals surface area contributed by atoms with Gasteiger partial charge in [0, 0.05) is 17.6 Å². The lowest BCUT2D eigenvalue weighted by Crippen LogP contribution is -2.10. The van der Waals surface area contributed by atoms with Gasteiger partial charge in [0.1, 0.15) is 11.4 Å². The Bertz CT molecular complexity index is 1070. The number of nitro groups is 1. The minimum Gasteiger partial charge on any atom is -0.423 e. The molecule has 7 heteroatoms. The van der Waals surface area contributed by atoms with Gasteiger partial charge in [-0.15, -0.1) is 0 Å². The van der Waals surface area contributed by atoms with Crippen LogP contribution in [0.4, 0.5) is 11.4 Å². The molecule has 154 valence electrons. The van der Waals surface area contributed by atoms with E-state index in [1.54, 1.807) is 18.2 Å². The van der Waals surface area contributed by atoms with Crippen LogP contribution in [0.3, 0.4) is 0 Å². The molecule has 6 nitrogen and oxygen atoms in total. The van der Waals surface area contributed by atoms with Crippen molar-refractivity contribution in [1.82, 2.24) is 0 Å². The summed E-state index contributed by atoms with van der Waals surface area (Å²) in [5, 5.41) is 15.1. The summed E-state index contributed by atoms with van der Waals surface area (Å²) in [5.74, 6) is 0.0873. The second kappa shape index (κ2) is 9.41. The highest BCUT2D eigenvalue weighted by atomic mass is 35.5. The van der Waals surface area contributed by atoms with Gasteiger partial charge in [-0.1, -0.05) is 55.8 Å². The molecule has 0 aliphatic carbocycles. The van der Waals surface area contributed by atoms with E-state index in [0.29, 0.717) is 23.2 Å². The van der Waals surface area contributed by atoms with Crippen molar-refractivity contribution < 1.29 is 14.5 Å². The molecule has 3 rings (SSSR count). The maximum absolute atomic E-state index is 12.5. The summed E-state index contributed by atoms with van der Waals surface area (Å²) in [4.78, 5) is 23.4. The summed E-state index contributed by atoms with van der Waals surface area (Å²) in [6.45, 7) is 4.45. The second-order valence-corrected chi connectivity index (χ2v) is 7.45. The van der Waals surface area contributed by atoms with Gasteiger partial charge in [-0.2, -0.15) is 0 Å². The zero-order chi connectivity index (χ0) is 21.7. The Hall–Kier alpha value is -3.38. The summed E-state index contributed by atoms with van der Waals surface area (Å²) >= 11 is 6.13. The molecule has 0 saturated carbocycles. The molecule has 0 unspecified atom stereocenters. The van der Waals surface area contributed by atoms with Crippen LogP contribution >= 0.6 is 11.6 Å². The average molecular weight is 425 g/mol. The largest absolute Gasteiger partial charge is 0.423 e. The van der Waals surface area contributed by atoms with Crippen LogP contribution in [-0.2, 0) is 6.54 Å². The lowest BCUT2D eigenvalue weighted by molar-refractivity contribution is -0.384. The summed E-state index contributed by atoms with van der Waals surface area (Å²) in [6.07, 6.45) is 0. The van der Waals surface area contributed by atoms with Crippen LogP contribution in [0.5, 0.6) is 5.75 Å². The quantitative estimate of drug-likeness (QED) is 0.211. The monoisotopic (exact) mass is 424 g/mol. The number of hydrogen-bond donors (Lipinski definition) is 1. The second-order valence-electron chi connectivity index (χ2n) is 7.05. The number of rotatable bonds is 7. The molecule has 0 spiro atoms. The molecule has 0 heterocycles. The zero-order valence-corrected chi connectivity index (χ0v) is 17.3. The van der Waals surface area contributed by atoms with Gasteiger partial charge in [0.05, 0.1) is 10.5 Å². The number of nitrogens with zero attached hydrogens (tertiary/aromatic N) is 1. The van der Waals surface area contributed by atoms with Crippen molar-refractivity contribution in [2.24, 2.45) is 0 Å². The fourth-order valence-corrected chi connectivity index (χ4v) is 3.08. The Morgan fingerprint density at radius 3 is 2.43 bits per heavy atom. The Morgan fingerprint density at radius 1 is 1.10 bits per heavy atom. The molecule has 0 fully saturated rings. The molecular formula is C23H21ClN2O4. The van der Waals surface area contributed by atoms with Gasteiger partial charge in [0.25, 0.3) is 5.69 Å². The highest BCUT2D eigenvalue weighted by Crippen LogP contribution is 2.28. The van der Waals surface area contributed by atoms with Gasteiger partial charge < -0.3 is 10.1 Å². The van der Waals surface area contributed by atoms with Crippen LogP contribution in [0.1, 0.15) is 41.3 Å². The third-order valence-corrected chi connectivity index (χ3v) is 4.98. The van der Waals surface area contributed by atoms with E-state index in [9.17, 15) is 14.9 Å². The first-order valence-electron chi connectivity index (χ1n) is 9.43. The number of halogens is 1. The highest BCUT2D eigenvalue weighted by molar-refractivity contribution is 6.31. The van der Waals surface area contributed by atoms with Crippen LogP contribution in [0.2, 0.25) is 5.02 Å². The summed E-state index contributed by atoms with van der Waals surface area (Å²) < 4.78 is 5.36. The van der Waals surface area contributed by atoms with Crippen molar-refractivity contribution in [2.45, 2.75) is 26.3 Å². The van der Waals surface area contributed by atoms with E-state index in [-0.39, 0.29) is 16.9 Å². The van der Waals surface area contributed by atoms with E-state index >= 15 is 0 Å². The molecule has 1 N–H and O–H groups in total. The predicted molar refractivity (Wildman–Crippen MR) is 117 cm³/mol. The average Bonchev–Trinajstić information content (AvgIpc) is 2.73. The van der Waals surface area contributed by atoms with Crippen LogP contribution < -0.4 is 10.1 Å². The van der Waals surface area contributed by atoms with E-state index in [1.165, 1.54) is 18.2 Å². The summed E-state index contributed by atoms with van der Waals surface area (Å²) in [6, 6.07) is 18.6. The summed E-state index contributed by atoms with van der Waals surface area (Å²) in [7, 11) is 0. The minimum absolute atomic E-state index is 0.0953. The number of ether oxygens (including phenoxy) is 1. The smallest absolute Gasteiger partial charge is 0.343 e. The van der Waals surface area contributed by atoms with Gasteiger partial charge in [0.2, 0.25) is 0 Å². The fraction of sp³-hybridized carbons (Fsp3) is 0.174. The standard InChI is InChI=1S/C23H21ClN2O4/c1-15(2)16-7-10-19(11-8-16)30-23(27)17-9-12-21(22(13-17)26(28)29)25-14-18-5-3-4-6-20(18)24/h3-13,15,25H,14H2,1-2H3. The Morgan fingerprint density at radius 2 is 1.80 bits per heavy atom. The molecule has 0 bridgehead atoms. The minimum atomic E-state index is -0.659. The molecule has 0 amide bonds. The van der Waals surface area contributed by atoms with Gasteiger partial charge >= 0.3 is 5.97 Å². The molecule has 3 aromatic carbocycles. The predicted octanol–water partition coefficient (Wildman–Crippen LogP) is 6.20. The van der Waals surface area contributed by atoms with E-state index < -0.39 is 10.9 Å². The Kier molecular flexibility index (Phi) is 6.69. The van der Waals surface area contributed by atoms with Crippen molar-refractivity contribution in [3.63, 3.8) is 0 Å². The van der Waals surface area contributed by atoms with Gasteiger partial charge in [-0.25, -0.2) is 4.79 Å².